The average molecular weight is 921 g/mol. The first-order valence-electron chi connectivity index (χ1n) is 22.8. The molecule has 2 saturated heterocycles. The Labute approximate surface area is 402 Å². The fraction of sp³-hybridized carbons (Fsp3) is 0.276. The highest BCUT2D eigenvalue weighted by atomic mass is 16.5. The van der Waals surface area contributed by atoms with Crippen LogP contribution >= 0.6 is 0 Å². The number of rotatable bonds is 8. The van der Waals surface area contributed by atoms with Crippen LogP contribution in [0.2, 0.25) is 0 Å². The SMILES string of the molecule is C.C.CN(C)c1ccc2cc3c(c(-c4ccc(CN5C(=O)C6C7C=CC(O7)C6C5=O)cc4)c2c1)C(=O)CC3.CN(C)c1ccc2cc3c(c(-c4ccc(CN5C(=O)C=CC5=O)cc4)c2c1)C(=O)CC3. The fourth-order valence-corrected chi connectivity index (χ4v) is 10.8. The van der Waals surface area contributed by atoms with E-state index in [-0.39, 0.29) is 87.2 Å². The molecule has 2 bridgehead atoms. The summed E-state index contributed by atoms with van der Waals surface area (Å²) in [6, 6.07) is 32.8. The highest BCUT2D eigenvalue weighted by Gasteiger charge is 2.60. The molecule has 11 heteroatoms. The van der Waals surface area contributed by atoms with Crippen molar-refractivity contribution in [1.82, 2.24) is 9.80 Å². The van der Waals surface area contributed by atoms with Gasteiger partial charge in [-0.25, -0.2) is 0 Å². The van der Waals surface area contributed by atoms with Crippen molar-refractivity contribution in [3.8, 4) is 22.3 Å². The number of likely N-dealkylation sites (tertiary alicyclic amines) is 1. The summed E-state index contributed by atoms with van der Waals surface area (Å²) in [5, 5.41) is 4.36. The second-order valence-corrected chi connectivity index (χ2v) is 18.8. The Bertz CT molecular complexity index is 3170. The van der Waals surface area contributed by atoms with Crippen molar-refractivity contribution >= 4 is 68.1 Å². The lowest BCUT2D eigenvalue weighted by molar-refractivity contribution is -0.143. The van der Waals surface area contributed by atoms with Crippen LogP contribution in [0.15, 0.2) is 121 Å². The Morgan fingerprint density at radius 3 is 1.30 bits per heavy atom. The molecule has 0 radical (unpaired) electrons. The lowest BCUT2D eigenvalue weighted by Crippen LogP contribution is -2.33. The first-order valence-corrected chi connectivity index (χ1v) is 22.8. The maximum Gasteiger partial charge on any atom is 0.253 e. The normalized spacial score (nSPS) is 20.3. The van der Waals surface area contributed by atoms with Crippen molar-refractivity contribution in [3.63, 3.8) is 0 Å². The number of imide groups is 2. The van der Waals surface area contributed by atoms with E-state index in [9.17, 15) is 28.8 Å². The lowest BCUT2D eigenvalue weighted by Gasteiger charge is -2.19. The Hall–Kier alpha value is -7.50. The van der Waals surface area contributed by atoms with Crippen LogP contribution < -0.4 is 9.80 Å². The number of fused-ring (bicyclic) bond motifs is 9. The number of hydrogen-bond acceptors (Lipinski definition) is 9. The van der Waals surface area contributed by atoms with E-state index in [1.165, 1.54) is 22.0 Å². The van der Waals surface area contributed by atoms with Gasteiger partial charge in [0, 0.05) is 86.8 Å². The van der Waals surface area contributed by atoms with Crippen molar-refractivity contribution in [2.45, 2.75) is 65.8 Å². The number of nitrogens with zero attached hydrogens (tertiary/aromatic N) is 4. The number of ketones is 2. The highest BCUT2D eigenvalue weighted by Crippen LogP contribution is 2.46. The molecule has 0 spiro atoms. The maximum atomic E-state index is 13.0. The molecule has 6 aromatic rings. The number of ether oxygens (including phenoxy) is 1. The van der Waals surface area contributed by atoms with Crippen LogP contribution in [0.4, 0.5) is 11.4 Å². The van der Waals surface area contributed by atoms with Crippen LogP contribution in [0.1, 0.15) is 70.7 Å². The topological polar surface area (TPSA) is 125 Å². The number of carbonyl (C=O) groups excluding carboxylic acids is 6. The van der Waals surface area contributed by atoms with Gasteiger partial charge in [0.15, 0.2) is 11.6 Å². The molecule has 0 N–H and O–H groups in total. The van der Waals surface area contributed by atoms with E-state index >= 15 is 0 Å². The van der Waals surface area contributed by atoms with Gasteiger partial charge < -0.3 is 14.5 Å². The minimum absolute atomic E-state index is 0. The van der Waals surface area contributed by atoms with Gasteiger partial charge in [0.25, 0.3) is 11.8 Å². The molecule has 4 aliphatic heterocycles. The van der Waals surface area contributed by atoms with Gasteiger partial charge in [0.1, 0.15) is 0 Å². The second-order valence-electron chi connectivity index (χ2n) is 18.8. The van der Waals surface area contributed by atoms with Gasteiger partial charge in [0.05, 0.1) is 37.1 Å². The Morgan fingerprint density at radius 1 is 0.493 bits per heavy atom. The maximum absolute atomic E-state index is 13.0. The molecule has 0 saturated carbocycles. The summed E-state index contributed by atoms with van der Waals surface area (Å²) in [7, 11) is 8.03. The van der Waals surface area contributed by atoms with Crippen molar-refractivity contribution in [2.24, 2.45) is 11.8 Å². The van der Waals surface area contributed by atoms with Gasteiger partial charge in [0.2, 0.25) is 11.8 Å². The summed E-state index contributed by atoms with van der Waals surface area (Å²) in [6.45, 7) is 0.490. The number of aryl methyl sites for hydroxylation is 2. The smallest absolute Gasteiger partial charge is 0.253 e. The van der Waals surface area contributed by atoms with E-state index in [1.807, 2.05) is 88.9 Å². The van der Waals surface area contributed by atoms with E-state index in [1.54, 1.807) is 0 Å². The van der Waals surface area contributed by atoms with Crippen molar-refractivity contribution in [1.29, 1.82) is 0 Å². The molecule has 11 nitrogen and oxygen atoms in total. The largest absolute Gasteiger partial charge is 0.378 e. The Balaban J connectivity index is 0.000000169. The standard InChI is InChI=1S/C30H26N2O4.C26H22N2O3.2CH4/c1-31(2)20-9-7-18-13-19-8-10-22(33)26(19)25(21(18)14-20)17-5-3-16(4-6-17)15-32-29(34)27-23-11-12-24(36-23)28(27)30(32)35;1-27(2)20-9-7-18-13-19-8-10-22(29)26(19)25(21(18)14-20)17-5-3-16(4-6-17)15-28-23(30)11-12-24(28)31;;/h3-7,9,11-14,23-24,27-28H,8,10,15H2,1-2H3;3-7,9,11-14H,8,10,15H2,1-2H3;2*1H4. The zero-order valence-electron chi connectivity index (χ0n) is 37.7. The predicted octanol–water partition coefficient (Wildman–Crippen LogP) is 9.54. The van der Waals surface area contributed by atoms with Crippen LogP contribution in [0.3, 0.4) is 0 Å². The quantitative estimate of drug-likeness (QED) is 0.109. The summed E-state index contributed by atoms with van der Waals surface area (Å²) in [5.74, 6) is -1.26. The van der Waals surface area contributed by atoms with Crippen molar-refractivity contribution < 1.29 is 33.5 Å². The first kappa shape index (κ1) is 46.6. The van der Waals surface area contributed by atoms with Gasteiger partial charge in [-0.1, -0.05) is 99.8 Å². The monoisotopic (exact) mass is 920 g/mol. The molecular formula is C58H56N4O7. The summed E-state index contributed by atoms with van der Waals surface area (Å²) in [5.41, 5.74) is 11.7. The van der Waals surface area contributed by atoms with Crippen LogP contribution in [0.5, 0.6) is 0 Å². The molecule has 69 heavy (non-hydrogen) atoms. The molecule has 6 aromatic carbocycles. The molecule has 12 rings (SSSR count). The second kappa shape index (κ2) is 17.9. The number of anilines is 2. The number of benzene rings is 6. The molecule has 2 fully saturated rings. The third kappa shape index (κ3) is 7.84. The van der Waals surface area contributed by atoms with Crippen LogP contribution in [0, 0.1) is 11.8 Å². The molecule has 4 amide bonds. The van der Waals surface area contributed by atoms with Crippen LogP contribution in [0.25, 0.3) is 43.8 Å². The molecule has 6 aliphatic rings. The van der Waals surface area contributed by atoms with E-state index in [0.717, 1.165) is 101 Å². The zero-order chi connectivity index (χ0) is 46.4. The Kier molecular flexibility index (Phi) is 12.1. The van der Waals surface area contributed by atoms with Crippen molar-refractivity contribution in [3.05, 3.63) is 155 Å². The summed E-state index contributed by atoms with van der Waals surface area (Å²) < 4.78 is 5.74. The van der Waals surface area contributed by atoms with E-state index in [0.29, 0.717) is 12.8 Å². The van der Waals surface area contributed by atoms with Gasteiger partial charge in [-0.15, -0.1) is 0 Å². The van der Waals surface area contributed by atoms with Crippen LogP contribution in [-0.2, 0) is 49.8 Å². The molecule has 4 atom stereocenters. The Morgan fingerprint density at radius 2 is 0.899 bits per heavy atom. The molecular weight excluding hydrogens is 865 g/mol. The van der Waals surface area contributed by atoms with Crippen LogP contribution in [-0.4, -0.2) is 85.4 Å². The molecule has 0 aromatic heterocycles. The third-order valence-corrected chi connectivity index (χ3v) is 14.3. The average Bonchev–Trinajstić information content (AvgIpc) is 4.20. The predicted molar refractivity (Wildman–Crippen MR) is 271 cm³/mol. The van der Waals surface area contributed by atoms with E-state index in [4.69, 9.17) is 4.74 Å². The number of amides is 4. The highest BCUT2D eigenvalue weighted by molar-refractivity contribution is 6.16. The van der Waals surface area contributed by atoms with Gasteiger partial charge in [-0.3, -0.25) is 38.6 Å². The van der Waals surface area contributed by atoms with Gasteiger partial charge >= 0.3 is 0 Å². The van der Waals surface area contributed by atoms with Gasteiger partial charge in [-0.05, 0) is 92.0 Å². The summed E-state index contributed by atoms with van der Waals surface area (Å²) >= 11 is 0. The first-order chi connectivity index (χ1) is 32.3. The molecule has 4 unspecified atom stereocenters. The molecule has 2 aliphatic carbocycles. The lowest BCUT2D eigenvalue weighted by atomic mass is 9.85. The molecule has 350 valence electrons. The minimum atomic E-state index is -0.387. The minimum Gasteiger partial charge on any atom is -0.378 e. The van der Waals surface area contributed by atoms with Crippen molar-refractivity contribution in [2.75, 3.05) is 38.0 Å². The summed E-state index contributed by atoms with van der Waals surface area (Å²) in [6.07, 6.45) is 8.48. The zero-order valence-corrected chi connectivity index (χ0v) is 37.7. The number of carbonyl (C=O) groups is 6. The fourth-order valence-electron chi connectivity index (χ4n) is 10.8. The molecule has 4 heterocycles. The number of Topliss-reactive ketones (excluding diaryl/α,β-unsaturated/α-hetero) is 2. The van der Waals surface area contributed by atoms with E-state index in [2.05, 4.69) is 58.3 Å². The number of hydrogen-bond donors (Lipinski definition) is 0. The summed E-state index contributed by atoms with van der Waals surface area (Å²) in [4.78, 5) is 82.2. The van der Waals surface area contributed by atoms with Gasteiger partial charge in [-0.2, -0.15) is 0 Å². The third-order valence-electron chi connectivity index (χ3n) is 14.3. The van der Waals surface area contributed by atoms with E-state index < -0.39 is 0 Å².